The van der Waals surface area contributed by atoms with Crippen LogP contribution in [-0.4, -0.2) is 21.8 Å². The largest absolute Gasteiger partial charge is 0.364 e. The summed E-state index contributed by atoms with van der Waals surface area (Å²) in [5.41, 5.74) is 9.74. The normalized spacial score (nSPS) is 12.0. The molecule has 0 radical (unpaired) electrons. The molecule has 3 N–H and O–H groups in total. The lowest BCUT2D eigenvalue weighted by molar-refractivity contribution is -0.525. The number of nitrogens with one attached hydrogen (secondary N) is 1. The highest BCUT2D eigenvalue weighted by Gasteiger charge is 2.09. The fraction of sp³-hybridized carbons (Fsp3) is 0.0588. The monoisotopic (exact) mass is 404 g/mol. The first-order chi connectivity index (χ1) is 12.9. The van der Waals surface area contributed by atoms with Gasteiger partial charge in [-0.25, -0.2) is 10.1 Å². The molecule has 10 heteroatoms. The summed E-state index contributed by atoms with van der Waals surface area (Å²) in [6.07, 6.45) is 3.38. The van der Waals surface area contributed by atoms with E-state index in [-0.39, 0.29) is 0 Å². The van der Waals surface area contributed by atoms with Crippen LogP contribution in [0.2, 0.25) is 10.0 Å². The first-order valence-electron chi connectivity index (χ1n) is 7.73. The summed E-state index contributed by atoms with van der Waals surface area (Å²) in [6.45, 7) is 0.540. The number of halogens is 2. The second kappa shape index (κ2) is 8.07. The van der Waals surface area contributed by atoms with Gasteiger partial charge in [0.15, 0.2) is 5.03 Å². The van der Waals surface area contributed by atoms with E-state index in [9.17, 15) is 10.1 Å². The number of nitrogens with two attached hydrogens (primary N) is 1. The van der Waals surface area contributed by atoms with Crippen molar-refractivity contribution in [2.24, 2.45) is 15.9 Å². The lowest BCUT2D eigenvalue weighted by atomic mass is 10.2. The maximum atomic E-state index is 10.3. The molecule has 27 heavy (non-hydrogen) atoms. The molecule has 0 saturated heterocycles. The van der Waals surface area contributed by atoms with Gasteiger partial charge >= 0.3 is 0 Å². The Hall–Kier alpha value is -3.10. The van der Waals surface area contributed by atoms with Gasteiger partial charge in [0, 0.05) is 39.3 Å². The van der Waals surface area contributed by atoms with Crippen LogP contribution < -0.4 is 11.2 Å². The molecule has 1 heterocycles. The van der Waals surface area contributed by atoms with Gasteiger partial charge in [-0.2, -0.15) is 5.10 Å². The van der Waals surface area contributed by atoms with Crippen molar-refractivity contribution in [3.8, 4) is 0 Å². The molecule has 3 aromatic rings. The Labute approximate surface area is 164 Å². The quantitative estimate of drug-likeness (QED) is 0.293. The zero-order valence-electron chi connectivity index (χ0n) is 13.8. The molecule has 8 nitrogen and oxygen atoms in total. The van der Waals surface area contributed by atoms with Crippen molar-refractivity contribution < 1.29 is 5.03 Å². The highest BCUT2D eigenvalue weighted by atomic mass is 35.5. The molecule has 0 spiro atoms. The average Bonchev–Trinajstić information content (AvgIpc) is 2.95. The van der Waals surface area contributed by atoms with Gasteiger partial charge in [-0.05, 0) is 23.8 Å². The molecule has 0 bridgehead atoms. The molecule has 0 amide bonds. The van der Waals surface area contributed by atoms with E-state index in [1.165, 1.54) is 6.21 Å². The average molecular weight is 405 g/mol. The topological polar surface area (TPSA) is 111 Å². The summed E-state index contributed by atoms with van der Waals surface area (Å²) in [7, 11) is 0. The lowest BCUT2D eigenvalue weighted by Crippen LogP contribution is -2.35. The summed E-state index contributed by atoms with van der Waals surface area (Å²) < 4.78 is 2.02. The summed E-state index contributed by atoms with van der Waals surface area (Å²) in [6, 6.07) is 13.1. The number of nitro groups is 1. The summed E-state index contributed by atoms with van der Waals surface area (Å²) >= 11 is 12.2. The second-order valence-corrected chi connectivity index (χ2v) is 6.41. The number of aromatic nitrogens is 1. The fourth-order valence-corrected chi connectivity index (χ4v) is 3.08. The first-order valence-corrected chi connectivity index (χ1v) is 8.49. The van der Waals surface area contributed by atoms with Crippen molar-refractivity contribution in [3.63, 3.8) is 0 Å². The Balaban J connectivity index is 1.93. The van der Waals surface area contributed by atoms with Crippen LogP contribution >= 0.6 is 23.2 Å². The third-order valence-corrected chi connectivity index (χ3v) is 4.33. The summed E-state index contributed by atoms with van der Waals surface area (Å²) in [5, 5.41) is 19.0. The van der Waals surface area contributed by atoms with Gasteiger partial charge in [0.1, 0.15) is 0 Å². The summed E-state index contributed by atoms with van der Waals surface area (Å²) in [4.78, 5) is 10.3. The van der Waals surface area contributed by atoms with Crippen LogP contribution in [0.3, 0.4) is 0 Å². The lowest BCUT2D eigenvalue weighted by Gasteiger charge is -2.08. The highest BCUT2D eigenvalue weighted by Crippen LogP contribution is 2.25. The fourth-order valence-electron chi connectivity index (χ4n) is 2.61. The van der Waals surface area contributed by atoms with Gasteiger partial charge in [0.05, 0.1) is 6.21 Å². The van der Waals surface area contributed by atoms with Gasteiger partial charge in [-0.15, -0.1) is 5.10 Å². The molecular weight excluding hydrogens is 391 g/mol. The molecule has 0 aliphatic rings. The van der Waals surface area contributed by atoms with E-state index in [0.717, 1.165) is 22.0 Å². The SMILES string of the molecule is NC(=NN=Cc1cn(Cc2ccc(Cl)cc2Cl)c2ccccc12)N[N+](=O)[O-]. The number of hydrazine groups is 1. The van der Waals surface area contributed by atoms with Crippen molar-refractivity contribution in [3.05, 3.63) is 79.9 Å². The first kappa shape index (κ1) is 18.7. The van der Waals surface area contributed by atoms with Crippen LogP contribution in [-0.2, 0) is 6.54 Å². The molecule has 1 aromatic heterocycles. The van der Waals surface area contributed by atoms with Crippen LogP contribution in [0.25, 0.3) is 10.9 Å². The van der Waals surface area contributed by atoms with E-state index in [1.807, 2.05) is 41.1 Å². The Kier molecular flexibility index (Phi) is 5.58. The molecule has 0 unspecified atom stereocenters. The Bertz CT molecular complexity index is 1060. The third-order valence-electron chi connectivity index (χ3n) is 3.74. The van der Waals surface area contributed by atoms with Crippen LogP contribution in [0.1, 0.15) is 11.1 Å². The van der Waals surface area contributed by atoms with Gasteiger partial charge in [-0.1, -0.05) is 52.9 Å². The van der Waals surface area contributed by atoms with Crippen LogP contribution in [0.5, 0.6) is 0 Å². The smallest absolute Gasteiger partial charge is 0.275 e. The maximum Gasteiger partial charge on any atom is 0.275 e. The minimum atomic E-state index is -0.809. The van der Waals surface area contributed by atoms with Gasteiger partial charge in [0.2, 0.25) is 0 Å². The van der Waals surface area contributed by atoms with Crippen LogP contribution in [0, 0.1) is 10.1 Å². The Morgan fingerprint density at radius 2 is 2.07 bits per heavy atom. The summed E-state index contributed by atoms with van der Waals surface area (Å²) in [5.74, 6) is -0.409. The molecule has 0 aliphatic heterocycles. The second-order valence-electron chi connectivity index (χ2n) is 5.56. The molecule has 0 fully saturated rings. The number of nitrogens with zero attached hydrogens (tertiary/aromatic N) is 4. The molecule has 3 rings (SSSR count). The van der Waals surface area contributed by atoms with Crippen LogP contribution in [0.4, 0.5) is 0 Å². The van der Waals surface area contributed by atoms with E-state index in [0.29, 0.717) is 16.6 Å². The van der Waals surface area contributed by atoms with Crippen molar-refractivity contribution in [2.45, 2.75) is 6.54 Å². The molecule has 0 aliphatic carbocycles. The van der Waals surface area contributed by atoms with E-state index in [2.05, 4.69) is 10.2 Å². The standard InChI is InChI=1S/C17H14Cl2N6O2/c18-13-6-5-11(15(19)7-13)9-24-10-12(14-3-1-2-4-16(14)24)8-21-22-17(20)23-25(26)27/h1-8,10H,9H2,(H3,20,22,23). The molecule has 0 atom stereocenters. The number of rotatable bonds is 5. The van der Waals surface area contributed by atoms with E-state index >= 15 is 0 Å². The van der Waals surface area contributed by atoms with E-state index in [4.69, 9.17) is 28.9 Å². The number of guanidine groups is 1. The van der Waals surface area contributed by atoms with E-state index in [1.54, 1.807) is 17.6 Å². The third kappa shape index (κ3) is 4.55. The van der Waals surface area contributed by atoms with Crippen molar-refractivity contribution in [1.82, 2.24) is 9.99 Å². The number of hydrogen-bond acceptors (Lipinski definition) is 4. The number of fused-ring (bicyclic) bond motifs is 1. The van der Waals surface area contributed by atoms with E-state index < -0.39 is 11.0 Å². The van der Waals surface area contributed by atoms with Crippen molar-refractivity contribution >= 4 is 46.3 Å². The number of hydrogen-bond donors (Lipinski definition) is 2. The zero-order chi connectivity index (χ0) is 19.4. The number of benzene rings is 2. The molecule has 138 valence electrons. The minimum Gasteiger partial charge on any atom is -0.364 e. The number of para-hydroxylation sites is 1. The molecule has 2 aromatic carbocycles. The van der Waals surface area contributed by atoms with Gasteiger partial charge < -0.3 is 10.3 Å². The van der Waals surface area contributed by atoms with Crippen molar-refractivity contribution in [1.29, 1.82) is 0 Å². The predicted octanol–water partition coefficient (Wildman–Crippen LogP) is 3.43. The van der Waals surface area contributed by atoms with Crippen molar-refractivity contribution in [2.75, 3.05) is 0 Å². The Morgan fingerprint density at radius 1 is 1.30 bits per heavy atom. The molecule has 0 saturated carbocycles. The highest BCUT2D eigenvalue weighted by molar-refractivity contribution is 6.35. The molecular formula is C17H14Cl2N6O2. The van der Waals surface area contributed by atoms with Gasteiger partial charge in [0.25, 0.3) is 5.96 Å². The maximum absolute atomic E-state index is 10.3. The predicted molar refractivity (Wildman–Crippen MR) is 107 cm³/mol. The Morgan fingerprint density at radius 3 is 2.81 bits per heavy atom. The zero-order valence-corrected chi connectivity index (χ0v) is 15.4. The van der Waals surface area contributed by atoms with Crippen LogP contribution in [0.15, 0.2) is 58.9 Å². The van der Waals surface area contributed by atoms with Gasteiger partial charge in [-0.3, -0.25) is 0 Å². The minimum absolute atomic E-state index is 0.409.